The molecule has 0 radical (unpaired) electrons. The number of anilines is 2. The van der Waals surface area contributed by atoms with Gasteiger partial charge in [0.25, 0.3) is 5.91 Å². The highest BCUT2D eigenvalue weighted by Gasteiger charge is 2.29. The number of nitrogens with two attached hydrogens (primary N) is 1. The van der Waals surface area contributed by atoms with E-state index in [4.69, 9.17) is 26.8 Å². The number of hydrogen-bond donors (Lipinski definition) is 1. The highest BCUT2D eigenvalue weighted by Crippen LogP contribution is 2.38. The zero-order valence-electron chi connectivity index (χ0n) is 17.4. The summed E-state index contributed by atoms with van der Waals surface area (Å²) in [7, 11) is 4.88. The molecule has 2 aromatic rings. The SMILES string of the molecule is COc1cc(N)ccc1C(=O)N1CCCC(OCC(=O)N(C)C)c2cc(Cl)ccc21. The number of rotatable bonds is 5. The minimum Gasteiger partial charge on any atom is -0.496 e. The summed E-state index contributed by atoms with van der Waals surface area (Å²) in [6.07, 6.45) is 1.03. The predicted molar refractivity (Wildman–Crippen MR) is 117 cm³/mol. The first-order valence-electron chi connectivity index (χ1n) is 9.68. The number of nitrogen functional groups attached to an aromatic ring is 1. The number of methoxy groups -OCH3 is 1. The molecule has 0 aliphatic carbocycles. The lowest BCUT2D eigenvalue weighted by atomic mass is 10.0. The third-order valence-corrected chi connectivity index (χ3v) is 5.32. The van der Waals surface area contributed by atoms with Gasteiger partial charge in [0.05, 0.1) is 18.8 Å². The first-order chi connectivity index (χ1) is 14.3. The maximum atomic E-state index is 13.4. The maximum Gasteiger partial charge on any atom is 0.262 e. The molecule has 0 saturated carbocycles. The van der Waals surface area contributed by atoms with Gasteiger partial charge in [-0.15, -0.1) is 0 Å². The van der Waals surface area contributed by atoms with Crippen LogP contribution >= 0.6 is 11.6 Å². The number of likely N-dealkylation sites (N-methyl/N-ethyl adjacent to an activating group) is 1. The summed E-state index contributed by atoms with van der Waals surface area (Å²) >= 11 is 6.25. The molecule has 0 bridgehead atoms. The van der Waals surface area contributed by atoms with Crippen molar-refractivity contribution in [2.45, 2.75) is 18.9 Å². The van der Waals surface area contributed by atoms with Crippen molar-refractivity contribution in [2.24, 2.45) is 0 Å². The first kappa shape index (κ1) is 21.9. The lowest BCUT2D eigenvalue weighted by Gasteiger charge is -2.25. The lowest BCUT2D eigenvalue weighted by Crippen LogP contribution is -2.32. The van der Waals surface area contributed by atoms with E-state index in [-0.39, 0.29) is 24.5 Å². The van der Waals surface area contributed by atoms with E-state index in [1.165, 1.54) is 12.0 Å². The molecular weight excluding hydrogens is 406 g/mol. The Bertz CT molecular complexity index is 948. The molecule has 0 saturated heterocycles. The number of benzene rings is 2. The van der Waals surface area contributed by atoms with Crippen LogP contribution in [-0.2, 0) is 9.53 Å². The molecule has 0 spiro atoms. The summed E-state index contributed by atoms with van der Waals surface area (Å²) in [5, 5.41) is 0.542. The predicted octanol–water partition coefficient (Wildman–Crippen LogP) is 3.52. The average Bonchev–Trinajstić information content (AvgIpc) is 2.90. The number of carbonyl (C=O) groups excluding carboxylic acids is 2. The van der Waals surface area contributed by atoms with Gasteiger partial charge in [-0.05, 0) is 43.2 Å². The van der Waals surface area contributed by atoms with Gasteiger partial charge in [-0.3, -0.25) is 9.59 Å². The Morgan fingerprint density at radius 2 is 2.00 bits per heavy atom. The maximum absolute atomic E-state index is 13.4. The fraction of sp³-hybridized carbons (Fsp3) is 0.364. The molecule has 3 rings (SSSR count). The van der Waals surface area contributed by atoms with Gasteiger partial charge in [0.2, 0.25) is 5.91 Å². The Balaban J connectivity index is 1.96. The van der Waals surface area contributed by atoms with Crippen LogP contribution in [0.2, 0.25) is 5.02 Å². The Labute approximate surface area is 181 Å². The highest BCUT2D eigenvalue weighted by molar-refractivity contribution is 6.30. The van der Waals surface area contributed by atoms with Crippen molar-refractivity contribution in [1.82, 2.24) is 4.90 Å². The van der Waals surface area contributed by atoms with Gasteiger partial charge in [-0.25, -0.2) is 0 Å². The summed E-state index contributed by atoms with van der Waals surface area (Å²) in [4.78, 5) is 28.6. The molecule has 1 heterocycles. The third-order valence-electron chi connectivity index (χ3n) is 5.08. The van der Waals surface area contributed by atoms with Crippen molar-refractivity contribution in [3.8, 4) is 5.75 Å². The van der Waals surface area contributed by atoms with Gasteiger partial charge in [-0.2, -0.15) is 0 Å². The number of carbonyl (C=O) groups is 2. The number of halogens is 1. The standard InChI is InChI=1S/C22H26ClN3O4/c1-25(2)21(27)13-30-19-5-4-10-26(18-9-6-14(23)11-17(18)19)22(28)16-8-7-15(24)12-20(16)29-3/h6-9,11-12,19H,4-5,10,13,24H2,1-3H3. The van der Waals surface area contributed by atoms with Gasteiger partial charge in [0, 0.05) is 48.7 Å². The van der Waals surface area contributed by atoms with Gasteiger partial charge >= 0.3 is 0 Å². The molecule has 0 fully saturated rings. The van der Waals surface area contributed by atoms with E-state index in [0.717, 1.165) is 5.56 Å². The summed E-state index contributed by atoms with van der Waals surface area (Å²) in [6.45, 7) is 0.464. The van der Waals surface area contributed by atoms with E-state index < -0.39 is 0 Å². The zero-order chi connectivity index (χ0) is 21.8. The monoisotopic (exact) mass is 431 g/mol. The van der Waals surface area contributed by atoms with Crippen LogP contribution in [0.25, 0.3) is 0 Å². The van der Waals surface area contributed by atoms with Crippen LogP contribution in [0.15, 0.2) is 36.4 Å². The quantitative estimate of drug-likeness (QED) is 0.732. The fourth-order valence-electron chi connectivity index (χ4n) is 3.45. The molecule has 0 aromatic heterocycles. The van der Waals surface area contributed by atoms with Crippen molar-refractivity contribution < 1.29 is 19.1 Å². The second-order valence-electron chi connectivity index (χ2n) is 7.35. The van der Waals surface area contributed by atoms with Crippen LogP contribution in [0, 0.1) is 0 Å². The Morgan fingerprint density at radius 1 is 1.23 bits per heavy atom. The van der Waals surface area contributed by atoms with E-state index in [1.54, 1.807) is 49.3 Å². The largest absolute Gasteiger partial charge is 0.496 e. The van der Waals surface area contributed by atoms with Gasteiger partial charge < -0.3 is 25.0 Å². The van der Waals surface area contributed by atoms with E-state index >= 15 is 0 Å². The first-order valence-corrected chi connectivity index (χ1v) is 10.1. The number of amides is 2. The number of ether oxygens (including phenoxy) is 2. The van der Waals surface area contributed by atoms with E-state index in [9.17, 15) is 9.59 Å². The minimum absolute atomic E-state index is 0.0383. The Kier molecular flexibility index (Phi) is 6.84. The fourth-order valence-corrected chi connectivity index (χ4v) is 3.64. The summed E-state index contributed by atoms with van der Waals surface area (Å²) < 4.78 is 11.3. The Morgan fingerprint density at radius 3 is 2.70 bits per heavy atom. The van der Waals surface area contributed by atoms with E-state index in [1.807, 2.05) is 6.07 Å². The lowest BCUT2D eigenvalue weighted by molar-refractivity contribution is -0.135. The van der Waals surface area contributed by atoms with Crippen molar-refractivity contribution in [3.63, 3.8) is 0 Å². The highest BCUT2D eigenvalue weighted by atomic mass is 35.5. The van der Waals surface area contributed by atoms with Crippen molar-refractivity contribution in [3.05, 3.63) is 52.5 Å². The molecule has 160 valence electrons. The number of fused-ring (bicyclic) bond motifs is 1. The number of nitrogens with zero attached hydrogens (tertiary/aromatic N) is 2. The third kappa shape index (κ3) is 4.68. The molecule has 2 amide bonds. The van der Waals surface area contributed by atoms with Gasteiger partial charge in [-0.1, -0.05) is 11.6 Å². The Hall–Kier alpha value is -2.77. The molecule has 1 atom stereocenters. The second kappa shape index (κ2) is 9.36. The van der Waals surface area contributed by atoms with Crippen LogP contribution < -0.4 is 15.4 Å². The van der Waals surface area contributed by atoms with Crippen LogP contribution in [0.5, 0.6) is 5.75 Å². The molecule has 1 aliphatic rings. The normalized spacial score (nSPS) is 15.9. The number of hydrogen-bond acceptors (Lipinski definition) is 5. The molecule has 2 N–H and O–H groups in total. The van der Waals surface area contributed by atoms with Crippen LogP contribution in [0.1, 0.15) is 34.9 Å². The molecule has 2 aromatic carbocycles. The van der Waals surface area contributed by atoms with Gasteiger partial charge in [0.1, 0.15) is 12.4 Å². The summed E-state index contributed by atoms with van der Waals surface area (Å²) in [5.41, 5.74) is 8.27. The zero-order valence-corrected chi connectivity index (χ0v) is 18.1. The molecule has 30 heavy (non-hydrogen) atoms. The van der Waals surface area contributed by atoms with Crippen LogP contribution in [0.3, 0.4) is 0 Å². The smallest absolute Gasteiger partial charge is 0.262 e. The van der Waals surface area contributed by atoms with Crippen molar-refractivity contribution >= 4 is 34.8 Å². The van der Waals surface area contributed by atoms with Gasteiger partial charge in [0.15, 0.2) is 0 Å². The molecule has 1 aliphatic heterocycles. The topological polar surface area (TPSA) is 85.1 Å². The minimum atomic E-state index is -0.339. The van der Waals surface area contributed by atoms with Crippen molar-refractivity contribution in [2.75, 3.05) is 45.0 Å². The summed E-state index contributed by atoms with van der Waals surface area (Å²) in [5.74, 6) is 0.104. The average molecular weight is 432 g/mol. The molecule has 8 heteroatoms. The second-order valence-corrected chi connectivity index (χ2v) is 7.79. The summed E-state index contributed by atoms with van der Waals surface area (Å²) in [6, 6.07) is 10.3. The van der Waals surface area contributed by atoms with E-state index in [0.29, 0.717) is 47.1 Å². The van der Waals surface area contributed by atoms with Crippen LogP contribution in [-0.4, -0.2) is 51.1 Å². The molecule has 1 unspecified atom stereocenters. The van der Waals surface area contributed by atoms with Crippen LogP contribution in [0.4, 0.5) is 11.4 Å². The van der Waals surface area contributed by atoms with Crippen molar-refractivity contribution in [1.29, 1.82) is 0 Å². The molecule has 7 nitrogen and oxygen atoms in total. The van der Waals surface area contributed by atoms with E-state index in [2.05, 4.69) is 0 Å². The molecular formula is C22H26ClN3O4.